The van der Waals surface area contributed by atoms with E-state index in [4.69, 9.17) is 0 Å². The van der Waals surface area contributed by atoms with Gasteiger partial charge in [0.2, 0.25) is 5.91 Å². The van der Waals surface area contributed by atoms with Crippen LogP contribution >= 0.6 is 0 Å². The van der Waals surface area contributed by atoms with Gasteiger partial charge in [0.1, 0.15) is 0 Å². The van der Waals surface area contributed by atoms with E-state index in [0.29, 0.717) is 12.2 Å². The van der Waals surface area contributed by atoms with E-state index in [1.807, 2.05) is 55.5 Å². The highest BCUT2D eigenvalue weighted by molar-refractivity contribution is 5.99. The number of urea groups is 1. The van der Waals surface area contributed by atoms with E-state index in [2.05, 4.69) is 10.6 Å². The maximum absolute atomic E-state index is 12.3. The topological polar surface area (TPSA) is 61.4 Å². The number of carbonyl (C=O) groups is 2. The van der Waals surface area contributed by atoms with Crippen molar-refractivity contribution in [2.75, 3.05) is 23.3 Å². The summed E-state index contributed by atoms with van der Waals surface area (Å²) in [4.78, 5) is 25.9. The second kappa shape index (κ2) is 6.52. The van der Waals surface area contributed by atoms with Crippen LogP contribution in [0.2, 0.25) is 0 Å². The molecular weight excluding hydrogens is 290 g/mol. The van der Waals surface area contributed by atoms with E-state index in [1.165, 1.54) is 5.56 Å². The summed E-state index contributed by atoms with van der Waals surface area (Å²) in [7, 11) is 0. The quantitative estimate of drug-likeness (QED) is 0.916. The van der Waals surface area contributed by atoms with Gasteiger partial charge in [-0.15, -0.1) is 0 Å². The van der Waals surface area contributed by atoms with Crippen molar-refractivity contribution in [1.29, 1.82) is 0 Å². The lowest BCUT2D eigenvalue weighted by molar-refractivity contribution is -0.117. The molecule has 0 saturated carbocycles. The van der Waals surface area contributed by atoms with Crippen LogP contribution < -0.4 is 15.5 Å². The Morgan fingerprint density at radius 2 is 1.83 bits per heavy atom. The highest BCUT2D eigenvalue weighted by atomic mass is 16.2. The molecule has 118 valence electrons. The molecule has 1 aliphatic heterocycles. The molecule has 23 heavy (non-hydrogen) atoms. The number of benzene rings is 2. The van der Waals surface area contributed by atoms with Crippen molar-refractivity contribution in [3.05, 3.63) is 59.7 Å². The summed E-state index contributed by atoms with van der Waals surface area (Å²) in [5.41, 5.74) is 3.94. The zero-order valence-electron chi connectivity index (χ0n) is 13.0. The number of carbonyl (C=O) groups excluding carboxylic acids is 2. The number of hydrogen-bond acceptors (Lipinski definition) is 2. The number of nitrogens with one attached hydrogen (secondary N) is 2. The molecule has 2 aromatic carbocycles. The van der Waals surface area contributed by atoms with Gasteiger partial charge in [-0.1, -0.05) is 35.9 Å². The molecular formula is C18H19N3O2. The summed E-state index contributed by atoms with van der Waals surface area (Å²) < 4.78 is 0. The molecule has 0 saturated heterocycles. The zero-order valence-corrected chi connectivity index (χ0v) is 13.0. The molecule has 3 rings (SSSR count). The van der Waals surface area contributed by atoms with Crippen molar-refractivity contribution < 1.29 is 9.59 Å². The molecule has 1 aliphatic rings. The Morgan fingerprint density at radius 3 is 2.61 bits per heavy atom. The first-order chi connectivity index (χ1) is 11.1. The van der Waals surface area contributed by atoms with Crippen LogP contribution in [0.25, 0.3) is 0 Å². The molecule has 1 heterocycles. The number of para-hydroxylation sites is 1. The maximum Gasteiger partial charge on any atom is 0.319 e. The van der Waals surface area contributed by atoms with Gasteiger partial charge in [0.25, 0.3) is 0 Å². The van der Waals surface area contributed by atoms with Crippen LogP contribution in [-0.4, -0.2) is 25.0 Å². The number of nitrogens with zero attached hydrogens (tertiary/aromatic N) is 1. The Morgan fingerprint density at radius 1 is 1.09 bits per heavy atom. The average Bonchev–Trinajstić information content (AvgIpc) is 2.99. The highest BCUT2D eigenvalue weighted by Gasteiger charge is 2.24. The minimum atomic E-state index is -0.380. The number of aryl methyl sites for hydroxylation is 1. The Hall–Kier alpha value is -2.82. The lowest BCUT2D eigenvalue weighted by Crippen LogP contribution is -2.41. The van der Waals surface area contributed by atoms with Crippen LogP contribution in [0.5, 0.6) is 0 Å². The Balaban J connectivity index is 1.53. The molecule has 0 spiro atoms. The number of hydrogen-bond donors (Lipinski definition) is 2. The van der Waals surface area contributed by atoms with Gasteiger partial charge in [-0.3, -0.25) is 4.79 Å². The van der Waals surface area contributed by atoms with E-state index in [9.17, 15) is 9.59 Å². The molecule has 5 nitrogen and oxygen atoms in total. The van der Waals surface area contributed by atoms with Crippen molar-refractivity contribution in [1.82, 2.24) is 5.32 Å². The van der Waals surface area contributed by atoms with Gasteiger partial charge in [-0.25, -0.2) is 4.79 Å². The fourth-order valence-corrected chi connectivity index (χ4v) is 2.66. The molecule has 0 fully saturated rings. The summed E-state index contributed by atoms with van der Waals surface area (Å²) in [6, 6.07) is 15.0. The molecule has 0 unspecified atom stereocenters. The first-order valence-corrected chi connectivity index (χ1v) is 7.63. The predicted molar refractivity (Wildman–Crippen MR) is 90.7 cm³/mol. The van der Waals surface area contributed by atoms with E-state index in [0.717, 1.165) is 17.7 Å². The molecule has 0 atom stereocenters. The van der Waals surface area contributed by atoms with Crippen molar-refractivity contribution >= 4 is 23.3 Å². The fourth-order valence-electron chi connectivity index (χ4n) is 2.66. The van der Waals surface area contributed by atoms with Gasteiger partial charge in [0, 0.05) is 17.9 Å². The smallest absolute Gasteiger partial charge is 0.319 e. The molecule has 2 N–H and O–H groups in total. The first-order valence-electron chi connectivity index (χ1n) is 7.63. The Labute approximate surface area is 135 Å². The van der Waals surface area contributed by atoms with E-state index >= 15 is 0 Å². The third-order valence-electron chi connectivity index (χ3n) is 3.90. The van der Waals surface area contributed by atoms with Crippen LogP contribution in [0.4, 0.5) is 16.2 Å². The average molecular weight is 309 g/mol. The summed E-state index contributed by atoms with van der Waals surface area (Å²) >= 11 is 0. The molecule has 0 radical (unpaired) electrons. The number of fused-ring (bicyclic) bond motifs is 1. The van der Waals surface area contributed by atoms with Gasteiger partial charge in [0.15, 0.2) is 0 Å². The highest BCUT2D eigenvalue weighted by Crippen LogP contribution is 2.27. The minimum Gasteiger partial charge on any atom is -0.329 e. The minimum absolute atomic E-state index is 0.0218. The Bertz CT molecular complexity index is 725. The van der Waals surface area contributed by atoms with Crippen LogP contribution in [0.3, 0.4) is 0 Å². The monoisotopic (exact) mass is 309 g/mol. The second-order valence-electron chi connectivity index (χ2n) is 5.60. The lowest BCUT2D eigenvalue weighted by atomic mass is 10.2. The number of anilines is 2. The van der Waals surface area contributed by atoms with Crippen molar-refractivity contribution in [2.45, 2.75) is 13.3 Å². The predicted octanol–water partition coefficient (Wildman–Crippen LogP) is 2.71. The SMILES string of the molecule is Cc1ccc(NC(=O)NCC(=O)N2CCc3ccccc32)cc1. The van der Waals surface area contributed by atoms with Gasteiger partial charge in [-0.2, -0.15) is 0 Å². The first kappa shape index (κ1) is 15.1. The summed E-state index contributed by atoms with van der Waals surface area (Å²) in [6.07, 6.45) is 0.859. The van der Waals surface area contributed by atoms with Crippen LogP contribution in [0.1, 0.15) is 11.1 Å². The third-order valence-corrected chi connectivity index (χ3v) is 3.90. The molecule has 0 bridgehead atoms. The normalized spacial score (nSPS) is 12.7. The molecule has 0 aliphatic carbocycles. The van der Waals surface area contributed by atoms with Gasteiger partial charge >= 0.3 is 6.03 Å². The second-order valence-corrected chi connectivity index (χ2v) is 5.60. The standard InChI is InChI=1S/C18H19N3O2/c1-13-6-8-15(9-7-13)20-18(23)19-12-17(22)21-11-10-14-4-2-3-5-16(14)21/h2-9H,10-12H2,1H3,(H2,19,20,23). The summed E-state index contributed by atoms with van der Waals surface area (Å²) in [5.74, 6) is -0.103. The molecule has 3 amide bonds. The van der Waals surface area contributed by atoms with E-state index < -0.39 is 0 Å². The summed E-state index contributed by atoms with van der Waals surface area (Å²) in [6.45, 7) is 2.63. The van der Waals surface area contributed by atoms with E-state index in [1.54, 1.807) is 4.90 Å². The van der Waals surface area contributed by atoms with Gasteiger partial charge in [0.05, 0.1) is 6.54 Å². The van der Waals surface area contributed by atoms with Gasteiger partial charge < -0.3 is 15.5 Å². The summed E-state index contributed by atoms with van der Waals surface area (Å²) in [5, 5.41) is 5.33. The number of rotatable bonds is 3. The largest absolute Gasteiger partial charge is 0.329 e. The van der Waals surface area contributed by atoms with Crippen molar-refractivity contribution in [3.63, 3.8) is 0 Å². The fraction of sp³-hybridized carbons (Fsp3) is 0.222. The van der Waals surface area contributed by atoms with Crippen molar-refractivity contribution in [2.24, 2.45) is 0 Å². The van der Waals surface area contributed by atoms with Gasteiger partial charge in [-0.05, 0) is 37.1 Å². The molecule has 2 aromatic rings. The molecule has 0 aromatic heterocycles. The molecule has 5 heteroatoms. The zero-order chi connectivity index (χ0) is 16.2. The Kier molecular flexibility index (Phi) is 4.28. The lowest BCUT2D eigenvalue weighted by Gasteiger charge is -2.17. The van der Waals surface area contributed by atoms with Crippen LogP contribution in [-0.2, 0) is 11.2 Å². The number of amides is 3. The van der Waals surface area contributed by atoms with Crippen LogP contribution in [0, 0.1) is 6.92 Å². The van der Waals surface area contributed by atoms with Crippen LogP contribution in [0.15, 0.2) is 48.5 Å². The van der Waals surface area contributed by atoms with E-state index in [-0.39, 0.29) is 18.5 Å². The maximum atomic E-state index is 12.3. The third kappa shape index (κ3) is 3.51. The van der Waals surface area contributed by atoms with Crippen molar-refractivity contribution in [3.8, 4) is 0 Å².